The number of hydrogen-bond donors (Lipinski definition) is 2. The Bertz CT molecular complexity index is 934. The van der Waals surface area contributed by atoms with Gasteiger partial charge in [-0.25, -0.2) is 26.7 Å². The molecule has 0 saturated carbocycles. The molecule has 0 spiro atoms. The van der Waals surface area contributed by atoms with Gasteiger partial charge >= 0.3 is 5.97 Å². The Morgan fingerprint density at radius 3 is 1.92 bits per heavy atom. The van der Waals surface area contributed by atoms with Gasteiger partial charge in [0.15, 0.2) is 23.3 Å². The second-order valence-corrected chi connectivity index (χ2v) is 4.69. The lowest BCUT2D eigenvalue weighted by Crippen LogP contribution is -2.19. The van der Waals surface area contributed by atoms with Crippen LogP contribution in [0.5, 0.6) is 0 Å². The van der Waals surface area contributed by atoms with Gasteiger partial charge in [-0.3, -0.25) is 14.9 Å². The molecule has 0 atom stereocenters. The minimum Gasteiger partial charge on any atom is -0.477 e. The van der Waals surface area contributed by atoms with Crippen LogP contribution >= 0.6 is 0 Å². The van der Waals surface area contributed by atoms with Crippen molar-refractivity contribution in [1.82, 2.24) is 0 Å². The molecule has 0 fully saturated rings. The normalized spacial score (nSPS) is 10.5. The van der Waals surface area contributed by atoms with Crippen LogP contribution in [-0.4, -0.2) is 21.9 Å². The summed E-state index contributed by atoms with van der Waals surface area (Å²) in [6.07, 6.45) is 0. The van der Waals surface area contributed by atoms with E-state index in [1.54, 1.807) is 5.32 Å². The van der Waals surface area contributed by atoms with Crippen molar-refractivity contribution in [2.75, 3.05) is 5.32 Å². The number of halogens is 5. The maximum atomic E-state index is 13.6. The van der Waals surface area contributed by atoms with Crippen molar-refractivity contribution in [2.45, 2.75) is 0 Å². The number of nitrogens with zero attached hydrogens (tertiary/aromatic N) is 1. The molecular weight excluding hydrogens is 371 g/mol. The maximum Gasteiger partial charge on any atom is 0.342 e. The Morgan fingerprint density at radius 1 is 0.962 bits per heavy atom. The van der Waals surface area contributed by atoms with Crippen molar-refractivity contribution >= 4 is 23.3 Å². The number of nitrogens with one attached hydrogen (secondary N) is 1. The molecule has 12 heteroatoms. The van der Waals surface area contributed by atoms with E-state index in [2.05, 4.69) is 0 Å². The quantitative estimate of drug-likeness (QED) is 0.280. The highest BCUT2D eigenvalue weighted by molar-refractivity contribution is 6.05. The number of amides is 1. The SMILES string of the molecule is O=C(O)c1cc(NC(=O)c2c(F)c(F)c(F)c(F)c2F)ccc1[N+](=O)[O-]. The summed E-state index contributed by atoms with van der Waals surface area (Å²) in [5.41, 5.74) is -3.99. The van der Waals surface area contributed by atoms with Crippen LogP contribution in [0.3, 0.4) is 0 Å². The van der Waals surface area contributed by atoms with Gasteiger partial charge in [0.2, 0.25) is 5.82 Å². The Balaban J connectivity index is 2.48. The highest BCUT2D eigenvalue weighted by Crippen LogP contribution is 2.26. The van der Waals surface area contributed by atoms with Crippen LogP contribution in [0.15, 0.2) is 18.2 Å². The standard InChI is InChI=1S/C14H5F5N2O5/c15-8-7(9(16)11(18)12(19)10(8)17)13(22)20-4-1-2-6(21(25)26)5(3-4)14(23)24/h1-3H,(H,20,22)(H,23,24). The van der Waals surface area contributed by atoms with Crippen LogP contribution in [0.2, 0.25) is 0 Å². The average Bonchev–Trinajstić information content (AvgIpc) is 2.58. The zero-order chi connectivity index (χ0) is 19.8. The third-order valence-electron chi connectivity index (χ3n) is 3.12. The van der Waals surface area contributed by atoms with Gasteiger partial charge in [0.25, 0.3) is 11.6 Å². The van der Waals surface area contributed by atoms with E-state index in [1.807, 2.05) is 0 Å². The first-order valence-electron chi connectivity index (χ1n) is 6.40. The Morgan fingerprint density at radius 2 is 1.46 bits per heavy atom. The number of benzene rings is 2. The fourth-order valence-corrected chi connectivity index (χ4v) is 1.94. The molecule has 26 heavy (non-hydrogen) atoms. The van der Waals surface area contributed by atoms with Gasteiger partial charge in [0, 0.05) is 11.8 Å². The highest BCUT2D eigenvalue weighted by atomic mass is 19.2. The Hall–Kier alpha value is -3.57. The van der Waals surface area contributed by atoms with Gasteiger partial charge in [0.05, 0.1) is 4.92 Å². The van der Waals surface area contributed by atoms with Crippen LogP contribution < -0.4 is 5.32 Å². The number of carbonyl (C=O) groups is 2. The summed E-state index contributed by atoms with van der Waals surface area (Å²) in [4.78, 5) is 32.5. The molecule has 2 N–H and O–H groups in total. The molecule has 0 saturated heterocycles. The highest BCUT2D eigenvalue weighted by Gasteiger charge is 2.30. The van der Waals surface area contributed by atoms with E-state index in [4.69, 9.17) is 5.11 Å². The first-order valence-corrected chi connectivity index (χ1v) is 6.40. The molecule has 0 aliphatic rings. The molecule has 7 nitrogen and oxygen atoms in total. The number of rotatable bonds is 4. The second-order valence-electron chi connectivity index (χ2n) is 4.69. The smallest absolute Gasteiger partial charge is 0.342 e. The first kappa shape index (κ1) is 18.8. The molecule has 0 bridgehead atoms. The molecule has 1 amide bonds. The lowest BCUT2D eigenvalue weighted by atomic mass is 10.1. The summed E-state index contributed by atoms with van der Waals surface area (Å²) in [7, 11) is 0. The zero-order valence-electron chi connectivity index (χ0n) is 12.1. The monoisotopic (exact) mass is 376 g/mol. The van der Waals surface area contributed by atoms with Crippen LogP contribution in [0.1, 0.15) is 20.7 Å². The molecule has 0 heterocycles. The number of anilines is 1. The number of aromatic carboxylic acids is 1. The molecule has 0 aliphatic carbocycles. The largest absolute Gasteiger partial charge is 0.477 e. The van der Waals surface area contributed by atoms with E-state index >= 15 is 0 Å². The zero-order valence-corrected chi connectivity index (χ0v) is 12.1. The number of hydrogen-bond acceptors (Lipinski definition) is 4. The lowest BCUT2D eigenvalue weighted by Gasteiger charge is -2.09. The molecule has 2 rings (SSSR count). The Kier molecular flexibility index (Phi) is 4.86. The molecule has 0 unspecified atom stereocenters. The van der Waals surface area contributed by atoms with E-state index < -0.39 is 68.4 Å². The fraction of sp³-hybridized carbons (Fsp3) is 0. The molecular formula is C14H5F5N2O5. The third-order valence-corrected chi connectivity index (χ3v) is 3.12. The number of carboxylic acids is 1. The Labute approximate surface area is 139 Å². The average molecular weight is 376 g/mol. The predicted molar refractivity (Wildman–Crippen MR) is 74.2 cm³/mol. The minimum atomic E-state index is -2.46. The number of nitro benzene ring substituents is 1. The minimum absolute atomic E-state index is 0.484. The first-order chi connectivity index (χ1) is 12.1. The van der Waals surface area contributed by atoms with E-state index in [0.717, 1.165) is 6.07 Å². The maximum absolute atomic E-state index is 13.6. The molecule has 136 valence electrons. The lowest BCUT2D eigenvalue weighted by molar-refractivity contribution is -0.385. The van der Waals surface area contributed by atoms with Gasteiger partial charge in [-0.15, -0.1) is 0 Å². The molecule has 0 aromatic heterocycles. The summed E-state index contributed by atoms with van der Waals surface area (Å²) < 4.78 is 66.3. The number of carbonyl (C=O) groups excluding carboxylic acids is 1. The van der Waals surface area contributed by atoms with Gasteiger partial charge < -0.3 is 10.4 Å². The van der Waals surface area contributed by atoms with E-state index in [1.165, 1.54) is 0 Å². The van der Waals surface area contributed by atoms with Crippen molar-refractivity contribution in [1.29, 1.82) is 0 Å². The summed E-state index contributed by atoms with van der Waals surface area (Å²) in [5.74, 6) is -15.4. The van der Waals surface area contributed by atoms with Gasteiger partial charge in [0.1, 0.15) is 11.1 Å². The topological polar surface area (TPSA) is 110 Å². The summed E-state index contributed by atoms with van der Waals surface area (Å²) in [6.45, 7) is 0. The molecule has 2 aromatic rings. The summed E-state index contributed by atoms with van der Waals surface area (Å²) >= 11 is 0. The van der Waals surface area contributed by atoms with Crippen LogP contribution in [0.4, 0.5) is 33.3 Å². The third kappa shape index (κ3) is 3.16. The fourth-order valence-electron chi connectivity index (χ4n) is 1.94. The van der Waals surface area contributed by atoms with Gasteiger partial charge in [-0.2, -0.15) is 0 Å². The molecule has 0 radical (unpaired) electrons. The van der Waals surface area contributed by atoms with Crippen LogP contribution in [0.25, 0.3) is 0 Å². The van der Waals surface area contributed by atoms with E-state index in [-0.39, 0.29) is 0 Å². The van der Waals surface area contributed by atoms with Gasteiger partial charge in [-0.05, 0) is 12.1 Å². The second kappa shape index (κ2) is 6.74. The van der Waals surface area contributed by atoms with E-state index in [0.29, 0.717) is 12.1 Å². The van der Waals surface area contributed by atoms with E-state index in [9.17, 15) is 41.7 Å². The molecule has 2 aromatic carbocycles. The van der Waals surface area contributed by atoms with Crippen molar-refractivity contribution < 1.29 is 41.6 Å². The van der Waals surface area contributed by atoms with Crippen molar-refractivity contribution in [2.24, 2.45) is 0 Å². The summed E-state index contributed by atoms with van der Waals surface area (Å²) in [5, 5.41) is 21.3. The van der Waals surface area contributed by atoms with Crippen LogP contribution in [-0.2, 0) is 0 Å². The molecule has 0 aliphatic heterocycles. The van der Waals surface area contributed by atoms with Crippen molar-refractivity contribution in [3.63, 3.8) is 0 Å². The predicted octanol–water partition coefficient (Wildman–Crippen LogP) is 3.24. The van der Waals surface area contributed by atoms with Gasteiger partial charge in [-0.1, -0.05) is 0 Å². The van der Waals surface area contributed by atoms with Crippen molar-refractivity contribution in [3.05, 3.63) is 68.5 Å². The number of nitro groups is 1. The summed E-state index contributed by atoms with van der Waals surface area (Å²) in [6, 6.07) is 2.08. The van der Waals surface area contributed by atoms with Crippen molar-refractivity contribution in [3.8, 4) is 0 Å². The number of carboxylic acid groups (broad SMARTS) is 1. The van der Waals surface area contributed by atoms with Crippen LogP contribution in [0, 0.1) is 39.2 Å².